The molecule has 0 aliphatic rings. The van der Waals surface area contributed by atoms with Crippen LogP contribution >= 0.6 is 23.2 Å². The van der Waals surface area contributed by atoms with Gasteiger partial charge in [-0.05, 0) is 18.6 Å². The van der Waals surface area contributed by atoms with Crippen molar-refractivity contribution in [3.05, 3.63) is 39.5 Å². The minimum Gasteiger partial charge on any atom is -0.478 e. The molecule has 0 atom stereocenters. The van der Waals surface area contributed by atoms with E-state index in [0.29, 0.717) is 29.3 Å². The third-order valence-corrected chi connectivity index (χ3v) is 3.85. The van der Waals surface area contributed by atoms with E-state index in [0.717, 1.165) is 6.42 Å². The molecule has 26 heavy (non-hydrogen) atoms. The zero-order valence-electron chi connectivity index (χ0n) is 13.2. The second kappa shape index (κ2) is 7.56. The van der Waals surface area contributed by atoms with Gasteiger partial charge in [0.2, 0.25) is 5.88 Å². The lowest BCUT2D eigenvalue weighted by atomic mass is 10.2. The van der Waals surface area contributed by atoms with Gasteiger partial charge in [0.05, 0.1) is 22.2 Å². The highest BCUT2D eigenvalue weighted by Gasteiger charge is 2.37. The lowest BCUT2D eigenvalue weighted by Gasteiger charge is -2.14. The Bertz CT molecular complexity index is 762. The number of alkyl halides is 6. The summed E-state index contributed by atoms with van der Waals surface area (Å²) in [5.74, 6) is -0.325. The fourth-order valence-electron chi connectivity index (χ4n) is 2.02. The number of rotatable bonds is 5. The van der Waals surface area contributed by atoms with Crippen LogP contribution in [0.2, 0.25) is 10.0 Å². The minimum atomic E-state index is -4.78. The van der Waals surface area contributed by atoms with Crippen molar-refractivity contribution < 1.29 is 31.1 Å². The van der Waals surface area contributed by atoms with Crippen molar-refractivity contribution in [1.29, 1.82) is 0 Å². The molecule has 0 fully saturated rings. The summed E-state index contributed by atoms with van der Waals surface area (Å²) < 4.78 is 83.3. The predicted molar refractivity (Wildman–Crippen MR) is 84.0 cm³/mol. The molecule has 2 rings (SSSR count). The van der Waals surface area contributed by atoms with Crippen LogP contribution in [0.1, 0.15) is 31.0 Å². The van der Waals surface area contributed by atoms with Crippen molar-refractivity contribution in [1.82, 2.24) is 9.78 Å². The van der Waals surface area contributed by atoms with Gasteiger partial charge < -0.3 is 4.74 Å². The number of benzene rings is 1. The summed E-state index contributed by atoms with van der Waals surface area (Å²) in [6.07, 6.45) is -8.21. The van der Waals surface area contributed by atoms with Crippen LogP contribution in [0, 0.1) is 0 Å². The summed E-state index contributed by atoms with van der Waals surface area (Å²) in [5.41, 5.74) is -2.74. The van der Waals surface area contributed by atoms with Crippen LogP contribution in [0.4, 0.5) is 26.3 Å². The number of aromatic nitrogens is 2. The van der Waals surface area contributed by atoms with E-state index in [1.807, 2.05) is 6.92 Å². The van der Waals surface area contributed by atoms with Crippen molar-refractivity contribution in [2.45, 2.75) is 32.1 Å². The first-order chi connectivity index (χ1) is 11.9. The molecule has 0 spiro atoms. The number of unbranched alkanes of at least 4 members (excludes halogenated alkanes) is 1. The quantitative estimate of drug-likeness (QED) is 0.413. The third kappa shape index (κ3) is 4.56. The molecule has 1 heterocycles. The van der Waals surface area contributed by atoms with Gasteiger partial charge in [0.25, 0.3) is 0 Å². The molecule has 2 aromatic rings. The highest BCUT2D eigenvalue weighted by atomic mass is 35.5. The van der Waals surface area contributed by atoms with Crippen molar-refractivity contribution >= 4 is 23.2 Å². The fourth-order valence-corrected chi connectivity index (χ4v) is 2.67. The van der Waals surface area contributed by atoms with Crippen molar-refractivity contribution in [3.8, 4) is 11.6 Å². The van der Waals surface area contributed by atoms with Gasteiger partial charge in [0.1, 0.15) is 5.69 Å². The van der Waals surface area contributed by atoms with Gasteiger partial charge in [0.15, 0.2) is 5.69 Å². The van der Waals surface area contributed by atoms with Gasteiger partial charge >= 0.3 is 12.4 Å². The molecule has 1 aromatic carbocycles. The van der Waals surface area contributed by atoms with Gasteiger partial charge in [-0.25, -0.2) is 0 Å². The Hall–Kier alpha value is -1.61. The number of hydrogen-bond donors (Lipinski definition) is 0. The first-order valence-electron chi connectivity index (χ1n) is 7.31. The largest absolute Gasteiger partial charge is 0.478 e. The van der Waals surface area contributed by atoms with Gasteiger partial charge in [-0.1, -0.05) is 36.5 Å². The molecule has 0 aliphatic heterocycles. The van der Waals surface area contributed by atoms with Crippen molar-refractivity contribution in [3.63, 3.8) is 0 Å². The minimum absolute atomic E-state index is 0.0926. The molecule has 1 aromatic heterocycles. The molecule has 0 saturated carbocycles. The highest BCUT2D eigenvalue weighted by Crippen LogP contribution is 2.40. The Labute approximate surface area is 154 Å². The van der Waals surface area contributed by atoms with Gasteiger partial charge in [-0.3, -0.25) is 0 Å². The second-order valence-electron chi connectivity index (χ2n) is 5.27. The van der Waals surface area contributed by atoms with E-state index >= 15 is 0 Å². The number of halogens is 8. The zero-order valence-corrected chi connectivity index (χ0v) is 14.7. The SMILES string of the molecule is CCCCOc1cc(C(F)(F)F)nn1-c1c(Cl)cc(C(F)(F)F)cc1Cl. The molecule has 0 unspecified atom stereocenters. The normalized spacial score (nSPS) is 12.5. The Kier molecular flexibility index (Phi) is 6.02. The summed E-state index contributed by atoms with van der Waals surface area (Å²) in [5, 5.41) is 2.34. The summed E-state index contributed by atoms with van der Waals surface area (Å²) in [6.45, 7) is 1.95. The molecule has 3 nitrogen and oxygen atoms in total. The summed E-state index contributed by atoms with van der Waals surface area (Å²) >= 11 is 11.7. The molecule has 0 saturated heterocycles. The number of nitrogens with zero attached hydrogens (tertiary/aromatic N) is 2. The monoisotopic (exact) mass is 420 g/mol. The molecular formula is C15H12Cl2F6N2O. The summed E-state index contributed by atoms with van der Waals surface area (Å²) in [7, 11) is 0. The molecule has 11 heteroatoms. The van der Waals surface area contributed by atoms with Gasteiger partial charge in [-0.2, -0.15) is 36.1 Å². The van der Waals surface area contributed by atoms with Crippen molar-refractivity contribution in [2.75, 3.05) is 6.61 Å². The van der Waals surface area contributed by atoms with E-state index in [9.17, 15) is 26.3 Å². The lowest BCUT2D eigenvalue weighted by molar-refractivity contribution is -0.141. The van der Waals surface area contributed by atoms with Crippen LogP contribution in [-0.2, 0) is 12.4 Å². The van der Waals surface area contributed by atoms with Crippen LogP contribution in [0.15, 0.2) is 18.2 Å². The first-order valence-corrected chi connectivity index (χ1v) is 8.07. The van der Waals surface area contributed by atoms with E-state index < -0.39 is 33.7 Å². The Morgan fingerprint density at radius 1 is 1.00 bits per heavy atom. The van der Waals surface area contributed by atoms with E-state index in [-0.39, 0.29) is 18.2 Å². The number of hydrogen-bond acceptors (Lipinski definition) is 2. The molecule has 0 N–H and O–H groups in total. The lowest BCUT2D eigenvalue weighted by Crippen LogP contribution is -2.10. The van der Waals surface area contributed by atoms with Crippen LogP contribution < -0.4 is 4.74 Å². The number of ether oxygens (including phenoxy) is 1. The van der Waals surface area contributed by atoms with E-state index in [4.69, 9.17) is 27.9 Å². The molecule has 144 valence electrons. The molecule has 0 aliphatic carbocycles. The highest BCUT2D eigenvalue weighted by molar-refractivity contribution is 6.37. The molecule has 0 radical (unpaired) electrons. The van der Waals surface area contributed by atoms with Crippen LogP contribution in [-0.4, -0.2) is 16.4 Å². The average Bonchev–Trinajstić information content (AvgIpc) is 2.90. The Morgan fingerprint density at radius 2 is 1.58 bits per heavy atom. The predicted octanol–water partition coefficient (Wildman–Crippen LogP) is 6.40. The average molecular weight is 421 g/mol. The van der Waals surface area contributed by atoms with Crippen LogP contribution in [0.25, 0.3) is 5.69 Å². The molecule has 0 bridgehead atoms. The topological polar surface area (TPSA) is 27.1 Å². The van der Waals surface area contributed by atoms with E-state index in [1.165, 1.54) is 0 Å². The van der Waals surface area contributed by atoms with E-state index in [1.54, 1.807) is 0 Å². The first kappa shape index (κ1) is 20.7. The van der Waals surface area contributed by atoms with E-state index in [2.05, 4.69) is 5.10 Å². The third-order valence-electron chi connectivity index (χ3n) is 3.27. The van der Waals surface area contributed by atoms with Crippen molar-refractivity contribution in [2.24, 2.45) is 0 Å². The Balaban J connectivity index is 2.57. The van der Waals surface area contributed by atoms with Crippen LogP contribution in [0.5, 0.6) is 5.88 Å². The van der Waals surface area contributed by atoms with Gasteiger partial charge in [0, 0.05) is 6.07 Å². The maximum Gasteiger partial charge on any atom is 0.435 e. The second-order valence-corrected chi connectivity index (χ2v) is 6.08. The standard InChI is InChI=1S/C15H12Cl2F6N2O/c1-2-3-4-26-12-7-11(15(21,22)23)24-25(12)13-9(16)5-8(6-10(13)17)14(18,19)20/h5-7H,2-4H2,1H3. The molecular weight excluding hydrogens is 409 g/mol. The fraction of sp³-hybridized carbons (Fsp3) is 0.400. The Morgan fingerprint density at radius 3 is 2.04 bits per heavy atom. The van der Waals surface area contributed by atoms with Crippen LogP contribution in [0.3, 0.4) is 0 Å². The summed E-state index contributed by atoms with van der Waals surface area (Å²) in [6, 6.07) is 1.76. The maximum absolute atomic E-state index is 13.0. The smallest absolute Gasteiger partial charge is 0.435 e. The summed E-state index contributed by atoms with van der Waals surface area (Å²) in [4.78, 5) is 0. The van der Waals surface area contributed by atoms with Gasteiger partial charge in [-0.15, -0.1) is 0 Å². The maximum atomic E-state index is 13.0. The zero-order chi connectivity index (χ0) is 19.7. The molecule has 0 amide bonds.